The third-order valence-corrected chi connectivity index (χ3v) is 2.22. The molecule has 0 saturated heterocycles. The molecule has 0 spiro atoms. The number of nitrogens with zero attached hydrogens (tertiary/aromatic N) is 4. The smallest absolute Gasteiger partial charge is 0.181 e. The lowest BCUT2D eigenvalue weighted by Crippen LogP contribution is -2.07. The molecule has 0 aliphatic carbocycles. The number of hydrogen-bond donors (Lipinski definition) is 1. The summed E-state index contributed by atoms with van der Waals surface area (Å²) in [5, 5.41) is 0. The Morgan fingerprint density at radius 3 is 3.00 bits per heavy atom. The lowest BCUT2D eigenvalue weighted by molar-refractivity contribution is 0.901. The number of imidazole rings is 1. The van der Waals surface area contributed by atoms with Gasteiger partial charge in [0, 0.05) is 0 Å². The van der Waals surface area contributed by atoms with E-state index in [4.69, 9.17) is 5.84 Å². The largest absolute Gasteiger partial charge is 0.336 e. The first-order valence-electron chi connectivity index (χ1n) is 4.75. The molecule has 0 aromatic carbocycles. The van der Waals surface area contributed by atoms with Crippen molar-refractivity contribution in [2.24, 2.45) is 0 Å². The third-order valence-electron chi connectivity index (χ3n) is 2.22. The van der Waals surface area contributed by atoms with Gasteiger partial charge in [-0.25, -0.2) is 19.6 Å². The summed E-state index contributed by atoms with van der Waals surface area (Å²) in [4.78, 5) is 12.5. The summed E-state index contributed by atoms with van der Waals surface area (Å²) < 4.78 is 1.40. The molecular formula is C10H13N5. The summed E-state index contributed by atoms with van der Waals surface area (Å²) in [6.45, 7) is 5.86. The first-order chi connectivity index (χ1) is 7.18. The van der Waals surface area contributed by atoms with Gasteiger partial charge >= 0.3 is 0 Å². The van der Waals surface area contributed by atoms with Crippen molar-refractivity contribution in [2.45, 2.75) is 19.8 Å². The minimum Gasteiger partial charge on any atom is -0.336 e. The zero-order valence-corrected chi connectivity index (χ0v) is 8.64. The Bertz CT molecular complexity index is 499. The van der Waals surface area contributed by atoms with Gasteiger partial charge in [-0.05, 0) is 19.8 Å². The molecule has 2 aromatic heterocycles. The first-order valence-corrected chi connectivity index (χ1v) is 4.75. The van der Waals surface area contributed by atoms with Crippen LogP contribution in [0.3, 0.4) is 0 Å². The van der Waals surface area contributed by atoms with Crippen LogP contribution in [0.25, 0.3) is 11.2 Å². The van der Waals surface area contributed by atoms with Crippen molar-refractivity contribution >= 4 is 11.2 Å². The average molecular weight is 203 g/mol. The maximum Gasteiger partial charge on any atom is 0.181 e. The van der Waals surface area contributed by atoms with Gasteiger partial charge in [-0.2, -0.15) is 0 Å². The highest BCUT2D eigenvalue weighted by atomic mass is 15.3. The van der Waals surface area contributed by atoms with Crippen molar-refractivity contribution in [3.63, 3.8) is 0 Å². The van der Waals surface area contributed by atoms with Crippen molar-refractivity contribution < 1.29 is 0 Å². The molecule has 0 fully saturated rings. The molecule has 2 aromatic rings. The molecule has 2 N–H and O–H groups in total. The molecule has 5 nitrogen and oxygen atoms in total. The van der Waals surface area contributed by atoms with E-state index < -0.39 is 0 Å². The van der Waals surface area contributed by atoms with Crippen LogP contribution in [0, 0.1) is 0 Å². The Morgan fingerprint density at radius 1 is 1.47 bits per heavy atom. The number of hydrogen-bond acceptors (Lipinski definition) is 4. The van der Waals surface area contributed by atoms with Gasteiger partial charge in [0.2, 0.25) is 0 Å². The maximum atomic E-state index is 5.65. The van der Waals surface area contributed by atoms with E-state index >= 15 is 0 Å². The number of rotatable bonds is 3. The van der Waals surface area contributed by atoms with Crippen LogP contribution in [0.2, 0.25) is 0 Å². The van der Waals surface area contributed by atoms with E-state index in [9.17, 15) is 0 Å². The summed E-state index contributed by atoms with van der Waals surface area (Å²) in [6.07, 6.45) is 4.79. The highest BCUT2D eigenvalue weighted by Gasteiger charge is 2.07. The van der Waals surface area contributed by atoms with E-state index in [2.05, 4.69) is 21.5 Å². The number of nitrogen functional groups attached to an aromatic ring is 1. The van der Waals surface area contributed by atoms with Gasteiger partial charge in [-0.15, -0.1) is 6.58 Å². The summed E-state index contributed by atoms with van der Waals surface area (Å²) in [5.41, 5.74) is 3.50. The number of aryl methyl sites for hydroxylation is 1. The normalized spacial score (nSPS) is 10.7. The molecule has 0 unspecified atom stereocenters. The van der Waals surface area contributed by atoms with Crippen LogP contribution in [0.5, 0.6) is 0 Å². The zero-order valence-electron chi connectivity index (χ0n) is 8.64. The van der Waals surface area contributed by atoms with E-state index in [-0.39, 0.29) is 0 Å². The predicted octanol–water partition coefficient (Wildman–Crippen LogP) is 1.05. The molecule has 0 aliphatic heterocycles. The van der Waals surface area contributed by atoms with Gasteiger partial charge in [0.05, 0.1) is 5.69 Å². The fraction of sp³-hybridized carbons (Fsp3) is 0.300. The monoisotopic (exact) mass is 203 g/mol. The molecular weight excluding hydrogens is 190 g/mol. The molecule has 0 aliphatic rings. The molecule has 78 valence electrons. The van der Waals surface area contributed by atoms with Crippen molar-refractivity contribution in [2.75, 3.05) is 5.84 Å². The average Bonchev–Trinajstić information content (AvgIpc) is 2.58. The van der Waals surface area contributed by atoms with Crippen molar-refractivity contribution in [1.29, 1.82) is 0 Å². The SMILES string of the molecule is C=C(C)CCc1ncnc2c1ncn2N. The Kier molecular flexibility index (Phi) is 2.37. The maximum absolute atomic E-state index is 5.65. The highest BCUT2D eigenvalue weighted by molar-refractivity contribution is 5.73. The van der Waals surface area contributed by atoms with Gasteiger partial charge in [-0.1, -0.05) is 5.57 Å². The van der Waals surface area contributed by atoms with Gasteiger partial charge < -0.3 is 5.84 Å². The quantitative estimate of drug-likeness (QED) is 0.598. The fourth-order valence-electron chi connectivity index (χ4n) is 1.42. The minimum atomic E-state index is 0.668. The topological polar surface area (TPSA) is 69.6 Å². The van der Waals surface area contributed by atoms with Gasteiger partial charge in [0.1, 0.15) is 18.2 Å². The van der Waals surface area contributed by atoms with Crippen LogP contribution in [-0.4, -0.2) is 19.6 Å². The van der Waals surface area contributed by atoms with Crippen LogP contribution in [0.15, 0.2) is 24.8 Å². The summed E-state index contributed by atoms with van der Waals surface area (Å²) in [5.74, 6) is 5.65. The highest BCUT2D eigenvalue weighted by Crippen LogP contribution is 2.13. The summed E-state index contributed by atoms with van der Waals surface area (Å²) in [6, 6.07) is 0. The number of fused-ring (bicyclic) bond motifs is 1. The zero-order chi connectivity index (χ0) is 10.8. The van der Waals surface area contributed by atoms with E-state index in [1.807, 2.05) is 6.92 Å². The number of allylic oxidation sites excluding steroid dienone is 1. The Balaban J connectivity index is 2.38. The summed E-state index contributed by atoms with van der Waals surface area (Å²) in [7, 11) is 0. The minimum absolute atomic E-state index is 0.668. The van der Waals surface area contributed by atoms with Crippen LogP contribution in [0.1, 0.15) is 19.0 Å². The van der Waals surface area contributed by atoms with E-state index in [0.29, 0.717) is 5.65 Å². The van der Waals surface area contributed by atoms with Crippen LogP contribution in [0.4, 0.5) is 0 Å². The van der Waals surface area contributed by atoms with E-state index in [0.717, 1.165) is 29.6 Å². The summed E-state index contributed by atoms with van der Waals surface area (Å²) >= 11 is 0. The Labute approximate surface area is 87.6 Å². The molecule has 0 saturated carbocycles. The molecule has 0 radical (unpaired) electrons. The molecule has 2 heterocycles. The van der Waals surface area contributed by atoms with Crippen molar-refractivity contribution in [3.8, 4) is 0 Å². The molecule has 2 rings (SSSR count). The third kappa shape index (κ3) is 1.81. The molecule has 15 heavy (non-hydrogen) atoms. The second-order valence-corrected chi connectivity index (χ2v) is 3.60. The van der Waals surface area contributed by atoms with Gasteiger partial charge in [0.25, 0.3) is 0 Å². The molecule has 0 bridgehead atoms. The van der Waals surface area contributed by atoms with Crippen LogP contribution < -0.4 is 5.84 Å². The van der Waals surface area contributed by atoms with Gasteiger partial charge in [0.15, 0.2) is 5.65 Å². The standard InChI is InChI=1S/C10H13N5/c1-7(2)3-4-8-9-10(13-5-12-8)15(11)6-14-9/h5-6H,1,3-4,11H2,2H3. The van der Waals surface area contributed by atoms with E-state index in [1.54, 1.807) is 6.33 Å². The molecule has 0 atom stereocenters. The van der Waals surface area contributed by atoms with E-state index in [1.165, 1.54) is 11.0 Å². The fourth-order valence-corrected chi connectivity index (χ4v) is 1.42. The first kappa shape index (κ1) is 9.64. The van der Waals surface area contributed by atoms with Crippen LogP contribution in [-0.2, 0) is 6.42 Å². The van der Waals surface area contributed by atoms with Crippen molar-refractivity contribution in [1.82, 2.24) is 19.6 Å². The van der Waals surface area contributed by atoms with Crippen LogP contribution >= 0.6 is 0 Å². The molecule has 0 amide bonds. The van der Waals surface area contributed by atoms with Crippen molar-refractivity contribution in [3.05, 3.63) is 30.5 Å². The second kappa shape index (κ2) is 3.68. The van der Waals surface area contributed by atoms with Gasteiger partial charge in [-0.3, -0.25) is 0 Å². The number of aromatic nitrogens is 4. The lowest BCUT2D eigenvalue weighted by atomic mass is 10.1. The second-order valence-electron chi connectivity index (χ2n) is 3.60. The molecule has 5 heteroatoms. The predicted molar refractivity (Wildman–Crippen MR) is 58.6 cm³/mol. The Hall–Kier alpha value is -1.91. The number of nitrogens with two attached hydrogens (primary N) is 1. The lowest BCUT2D eigenvalue weighted by Gasteiger charge is -2.00. The Morgan fingerprint density at radius 2 is 2.27 bits per heavy atom.